The van der Waals surface area contributed by atoms with Gasteiger partial charge in [0, 0.05) is 11.1 Å². The maximum atomic E-state index is 12.3. The molecule has 0 radical (unpaired) electrons. The predicted octanol–water partition coefficient (Wildman–Crippen LogP) is 3.61. The molecule has 0 spiro atoms. The molecule has 18 heavy (non-hydrogen) atoms. The number of nitrogens with two attached hydrogens (primary N) is 1. The summed E-state index contributed by atoms with van der Waals surface area (Å²) in [6.07, 6.45) is 0.163. The molecule has 0 bridgehead atoms. The zero-order chi connectivity index (χ0) is 13.6. The van der Waals surface area contributed by atoms with Crippen molar-refractivity contribution in [3.8, 4) is 0 Å². The van der Waals surface area contributed by atoms with Crippen molar-refractivity contribution >= 4 is 19.2 Å². The van der Waals surface area contributed by atoms with Gasteiger partial charge in [-0.25, -0.2) is 0 Å². The lowest BCUT2D eigenvalue weighted by atomic mass is 10.1. The van der Waals surface area contributed by atoms with Crippen molar-refractivity contribution in [3.63, 3.8) is 0 Å². The molecule has 0 unspecified atom stereocenters. The molecule has 1 rings (SSSR count). The second-order valence-corrected chi connectivity index (χ2v) is 6.33. The lowest BCUT2D eigenvalue weighted by Crippen LogP contribution is -2.17. The van der Waals surface area contributed by atoms with Crippen LogP contribution in [0.2, 0.25) is 5.02 Å². The van der Waals surface area contributed by atoms with Gasteiger partial charge in [0.2, 0.25) is 0 Å². The van der Waals surface area contributed by atoms with Crippen molar-refractivity contribution in [2.45, 2.75) is 19.9 Å². The number of rotatable bonds is 7. The molecule has 2 N–H and O–H groups in total. The summed E-state index contributed by atoms with van der Waals surface area (Å²) in [7, 11) is -3.11. The molecule has 0 aliphatic carbocycles. The monoisotopic (exact) mass is 291 g/mol. The van der Waals surface area contributed by atoms with E-state index in [9.17, 15) is 4.57 Å². The normalized spacial score (nSPS) is 13.6. The summed E-state index contributed by atoms with van der Waals surface area (Å²) in [6.45, 7) is 4.23. The van der Waals surface area contributed by atoms with Crippen LogP contribution in [0.5, 0.6) is 0 Å². The third-order valence-corrected chi connectivity index (χ3v) is 4.77. The molecule has 4 nitrogen and oxygen atoms in total. The summed E-state index contributed by atoms with van der Waals surface area (Å²) in [4.78, 5) is 0. The lowest BCUT2D eigenvalue weighted by molar-refractivity contribution is 0.218. The second kappa shape index (κ2) is 7.27. The number of halogens is 1. The van der Waals surface area contributed by atoms with Crippen LogP contribution in [0.4, 0.5) is 0 Å². The highest BCUT2D eigenvalue weighted by Crippen LogP contribution is 2.50. The highest BCUT2D eigenvalue weighted by molar-refractivity contribution is 7.53. The Balaban J connectivity index is 2.74. The molecule has 0 aliphatic rings. The van der Waals surface area contributed by atoms with E-state index in [0.29, 0.717) is 18.2 Å². The zero-order valence-corrected chi connectivity index (χ0v) is 12.3. The molecule has 1 aromatic rings. The molecule has 1 atom stereocenters. The van der Waals surface area contributed by atoms with Gasteiger partial charge in [0.25, 0.3) is 0 Å². The zero-order valence-electron chi connectivity index (χ0n) is 10.6. The van der Waals surface area contributed by atoms with E-state index >= 15 is 0 Å². The minimum Gasteiger partial charge on any atom is -0.323 e. The molecule has 102 valence electrons. The fraction of sp³-hybridized carbons (Fsp3) is 0.500. The minimum absolute atomic E-state index is 0.163. The van der Waals surface area contributed by atoms with Gasteiger partial charge in [-0.1, -0.05) is 23.7 Å². The molecule has 0 amide bonds. The Morgan fingerprint density at radius 1 is 1.22 bits per heavy atom. The van der Waals surface area contributed by atoms with Crippen molar-refractivity contribution in [3.05, 3.63) is 34.9 Å². The van der Waals surface area contributed by atoms with Crippen LogP contribution in [0, 0.1) is 0 Å². The summed E-state index contributed by atoms with van der Waals surface area (Å²) < 4.78 is 22.7. The van der Waals surface area contributed by atoms with Gasteiger partial charge in [0.1, 0.15) is 0 Å². The van der Waals surface area contributed by atoms with E-state index in [2.05, 4.69) is 0 Å². The third-order valence-electron chi connectivity index (χ3n) is 2.37. The smallest absolute Gasteiger partial charge is 0.323 e. The highest BCUT2D eigenvalue weighted by Gasteiger charge is 2.27. The van der Waals surface area contributed by atoms with E-state index < -0.39 is 13.6 Å². The summed E-state index contributed by atoms with van der Waals surface area (Å²) in [6, 6.07) is 6.74. The van der Waals surface area contributed by atoms with Crippen molar-refractivity contribution in [2.75, 3.05) is 19.4 Å². The highest BCUT2D eigenvalue weighted by atomic mass is 35.5. The molecule has 1 aromatic carbocycles. The van der Waals surface area contributed by atoms with Crippen molar-refractivity contribution < 1.29 is 13.6 Å². The number of benzene rings is 1. The van der Waals surface area contributed by atoms with Gasteiger partial charge >= 0.3 is 7.60 Å². The van der Waals surface area contributed by atoms with E-state index in [1.54, 1.807) is 26.0 Å². The van der Waals surface area contributed by atoms with Gasteiger partial charge in [0.05, 0.1) is 19.4 Å². The van der Waals surface area contributed by atoms with E-state index in [1.807, 2.05) is 12.1 Å². The predicted molar refractivity (Wildman–Crippen MR) is 74.1 cm³/mol. The van der Waals surface area contributed by atoms with Crippen molar-refractivity contribution in [2.24, 2.45) is 5.73 Å². The Morgan fingerprint density at radius 3 is 2.17 bits per heavy atom. The quantitative estimate of drug-likeness (QED) is 0.780. The Morgan fingerprint density at radius 2 is 1.72 bits per heavy atom. The van der Waals surface area contributed by atoms with Crippen molar-refractivity contribution in [1.82, 2.24) is 0 Å². The lowest BCUT2D eigenvalue weighted by Gasteiger charge is -2.20. The largest absolute Gasteiger partial charge is 0.332 e. The van der Waals surface area contributed by atoms with Gasteiger partial charge < -0.3 is 14.8 Å². The molecule has 0 saturated heterocycles. The standard InChI is InChI=1S/C12H19ClNO3P/c1-3-16-18(15,17-4-2)9-12(14)10-5-7-11(13)8-6-10/h5-8,12H,3-4,9,14H2,1-2H3/t12-/m1/s1. The van der Waals surface area contributed by atoms with E-state index in [1.165, 1.54) is 0 Å². The van der Waals surface area contributed by atoms with Gasteiger partial charge in [-0.2, -0.15) is 0 Å². The summed E-state index contributed by atoms with van der Waals surface area (Å²) >= 11 is 5.80. The summed E-state index contributed by atoms with van der Waals surface area (Å²) in [5.41, 5.74) is 6.88. The molecular formula is C12H19ClNO3P. The first kappa shape index (κ1) is 15.7. The summed E-state index contributed by atoms with van der Waals surface area (Å²) in [5, 5.41) is 0.642. The van der Waals surface area contributed by atoms with Crippen LogP contribution in [0.1, 0.15) is 25.5 Å². The van der Waals surface area contributed by atoms with Crippen LogP contribution in [-0.4, -0.2) is 19.4 Å². The Labute approximate surface area is 113 Å². The van der Waals surface area contributed by atoms with Gasteiger partial charge in [-0.15, -0.1) is 0 Å². The van der Waals surface area contributed by atoms with Crippen LogP contribution in [-0.2, 0) is 13.6 Å². The first-order valence-electron chi connectivity index (χ1n) is 5.90. The fourth-order valence-electron chi connectivity index (χ4n) is 1.59. The average molecular weight is 292 g/mol. The topological polar surface area (TPSA) is 61.5 Å². The maximum absolute atomic E-state index is 12.3. The SMILES string of the molecule is CCOP(=O)(C[C@@H](N)c1ccc(Cl)cc1)OCC. The van der Waals surface area contributed by atoms with Crippen molar-refractivity contribution in [1.29, 1.82) is 0 Å². The van der Waals surface area contributed by atoms with E-state index in [-0.39, 0.29) is 6.16 Å². The van der Waals surface area contributed by atoms with Gasteiger partial charge in [-0.05, 0) is 31.5 Å². The summed E-state index contributed by atoms with van der Waals surface area (Å²) in [5.74, 6) is 0. The van der Waals surface area contributed by atoms with E-state index in [4.69, 9.17) is 26.4 Å². The number of hydrogen-bond acceptors (Lipinski definition) is 4. The third kappa shape index (κ3) is 4.71. The molecular weight excluding hydrogens is 273 g/mol. The first-order chi connectivity index (χ1) is 8.50. The van der Waals surface area contributed by atoms with Crippen LogP contribution in [0.25, 0.3) is 0 Å². The first-order valence-corrected chi connectivity index (χ1v) is 8.00. The van der Waals surface area contributed by atoms with Crippen LogP contribution in [0.15, 0.2) is 24.3 Å². The van der Waals surface area contributed by atoms with Crippen LogP contribution >= 0.6 is 19.2 Å². The Kier molecular flexibility index (Phi) is 6.33. The van der Waals surface area contributed by atoms with Crippen LogP contribution in [0.3, 0.4) is 0 Å². The molecule has 0 aromatic heterocycles. The minimum atomic E-state index is -3.11. The maximum Gasteiger partial charge on any atom is 0.332 e. The van der Waals surface area contributed by atoms with Crippen LogP contribution < -0.4 is 5.73 Å². The average Bonchev–Trinajstić information content (AvgIpc) is 2.30. The van der Waals surface area contributed by atoms with Gasteiger partial charge in [-0.3, -0.25) is 4.57 Å². The molecule has 6 heteroatoms. The number of hydrogen-bond donors (Lipinski definition) is 1. The molecule has 0 saturated carbocycles. The fourth-order valence-corrected chi connectivity index (χ4v) is 3.48. The second-order valence-electron chi connectivity index (χ2n) is 3.79. The van der Waals surface area contributed by atoms with E-state index in [0.717, 1.165) is 5.56 Å². The Hall–Kier alpha value is -0.380. The Bertz CT molecular complexity index is 400. The molecule has 0 fully saturated rings. The molecule has 0 heterocycles. The van der Waals surface area contributed by atoms with Gasteiger partial charge in [0.15, 0.2) is 0 Å². The molecule has 0 aliphatic heterocycles.